The number of hydrogen-bond acceptors (Lipinski definition) is 2. The lowest BCUT2D eigenvalue weighted by Gasteiger charge is -2.18. The molecule has 2 aromatic carbocycles. The molecule has 19 heavy (non-hydrogen) atoms. The molecule has 0 fully saturated rings. The first-order chi connectivity index (χ1) is 9.24. The molecule has 2 nitrogen and oxygen atoms in total. The second-order valence-electron chi connectivity index (χ2n) is 4.70. The molecule has 94 valence electrons. The number of carbonyl (C=O) groups excluding carboxylic acids is 1. The predicted octanol–water partition coefficient (Wildman–Crippen LogP) is 3.65. The van der Waals surface area contributed by atoms with Gasteiger partial charge in [0.05, 0.1) is 5.56 Å². The van der Waals surface area contributed by atoms with Gasteiger partial charge in [0.1, 0.15) is 12.4 Å². The first-order valence-corrected chi connectivity index (χ1v) is 6.28. The van der Waals surface area contributed by atoms with E-state index in [4.69, 9.17) is 4.74 Å². The van der Waals surface area contributed by atoms with Gasteiger partial charge in [-0.2, -0.15) is 0 Å². The lowest BCUT2D eigenvalue weighted by atomic mass is 9.98. The fraction of sp³-hybridized carbons (Fsp3) is 0.118. The number of fused-ring (bicyclic) bond motifs is 1. The average Bonchev–Trinajstić information content (AvgIpc) is 2.42. The predicted molar refractivity (Wildman–Crippen MR) is 75.4 cm³/mol. The van der Waals surface area contributed by atoms with Crippen molar-refractivity contribution in [2.24, 2.45) is 0 Å². The van der Waals surface area contributed by atoms with Gasteiger partial charge in [0, 0.05) is 5.57 Å². The number of ketones is 1. The molecular weight excluding hydrogens is 236 g/mol. The van der Waals surface area contributed by atoms with E-state index in [1.165, 1.54) is 5.56 Å². The van der Waals surface area contributed by atoms with E-state index >= 15 is 0 Å². The summed E-state index contributed by atoms with van der Waals surface area (Å²) in [6.45, 7) is 2.38. The quantitative estimate of drug-likeness (QED) is 0.722. The van der Waals surface area contributed by atoms with Gasteiger partial charge in [-0.15, -0.1) is 0 Å². The van der Waals surface area contributed by atoms with Gasteiger partial charge in [-0.25, -0.2) is 0 Å². The number of Topliss-reactive ketones (excluding diaryl/α,β-unsaturated/α-hetero) is 1. The zero-order chi connectivity index (χ0) is 13.2. The van der Waals surface area contributed by atoms with E-state index < -0.39 is 0 Å². The van der Waals surface area contributed by atoms with Crippen molar-refractivity contribution in [3.63, 3.8) is 0 Å². The molecule has 0 aromatic heterocycles. The summed E-state index contributed by atoms with van der Waals surface area (Å²) in [6.07, 6.45) is 1.91. The zero-order valence-electron chi connectivity index (χ0n) is 10.7. The van der Waals surface area contributed by atoms with Crippen LogP contribution in [0.5, 0.6) is 5.75 Å². The summed E-state index contributed by atoms with van der Waals surface area (Å²) >= 11 is 0. The summed E-state index contributed by atoms with van der Waals surface area (Å²) in [5, 5.41) is 0. The highest BCUT2D eigenvalue weighted by atomic mass is 16.5. The molecule has 2 heteroatoms. The Morgan fingerprint density at radius 3 is 2.79 bits per heavy atom. The van der Waals surface area contributed by atoms with Crippen LogP contribution in [0.25, 0.3) is 6.08 Å². The molecule has 0 unspecified atom stereocenters. The van der Waals surface area contributed by atoms with Crippen molar-refractivity contribution in [3.05, 3.63) is 70.8 Å². The molecule has 0 saturated heterocycles. The summed E-state index contributed by atoms with van der Waals surface area (Å²) in [5.74, 6) is 0.734. The Bertz CT molecular complexity index is 668. The topological polar surface area (TPSA) is 26.3 Å². The molecule has 0 spiro atoms. The fourth-order valence-corrected chi connectivity index (χ4v) is 2.24. The highest BCUT2D eigenvalue weighted by Crippen LogP contribution is 2.27. The maximum Gasteiger partial charge on any atom is 0.196 e. The minimum atomic E-state index is 0.0587. The van der Waals surface area contributed by atoms with Crippen molar-refractivity contribution in [3.8, 4) is 5.75 Å². The Labute approximate surface area is 112 Å². The molecule has 1 aliphatic heterocycles. The van der Waals surface area contributed by atoms with Crippen LogP contribution in [0.4, 0.5) is 0 Å². The number of rotatable bonds is 1. The zero-order valence-corrected chi connectivity index (χ0v) is 10.7. The largest absolute Gasteiger partial charge is 0.488 e. The molecular formula is C17H14O2. The van der Waals surface area contributed by atoms with Gasteiger partial charge in [-0.1, -0.05) is 42.0 Å². The first kappa shape index (κ1) is 11.7. The highest BCUT2D eigenvalue weighted by Gasteiger charge is 2.22. The third-order valence-electron chi connectivity index (χ3n) is 3.19. The molecule has 0 saturated carbocycles. The molecule has 0 atom stereocenters. The van der Waals surface area contributed by atoms with E-state index in [-0.39, 0.29) is 5.78 Å². The van der Waals surface area contributed by atoms with E-state index in [1.54, 1.807) is 6.07 Å². The number of benzene rings is 2. The van der Waals surface area contributed by atoms with Crippen LogP contribution in [0.2, 0.25) is 0 Å². The first-order valence-electron chi connectivity index (χ1n) is 6.28. The molecule has 0 aliphatic carbocycles. The second-order valence-corrected chi connectivity index (χ2v) is 4.70. The second kappa shape index (κ2) is 4.73. The summed E-state index contributed by atoms with van der Waals surface area (Å²) in [5.41, 5.74) is 3.56. The monoisotopic (exact) mass is 250 g/mol. The van der Waals surface area contributed by atoms with Crippen LogP contribution < -0.4 is 4.74 Å². The van der Waals surface area contributed by atoms with Gasteiger partial charge >= 0.3 is 0 Å². The maximum atomic E-state index is 12.4. The van der Waals surface area contributed by atoms with Crippen LogP contribution in [-0.4, -0.2) is 12.4 Å². The lowest BCUT2D eigenvalue weighted by Crippen LogP contribution is -2.18. The third kappa shape index (κ3) is 2.29. The maximum absolute atomic E-state index is 12.4. The minimum absolute atomic E-state index is 0.0587. The number of aryl methyl sites for hydroxylation is 1. The van der Waals surface area contributed by atoms with Crippen molar-refractivity contribution in [1.29, 1.82) is 0 Å². The number of hydrogen-bond donors (Lipinski definition) is 0. The Morgan fingerprint density at radius 1 is 1.11 bits per heavy atom. The molecule has 0 radical (unpaired) electrons. The van der Waals surface area contributed by atoms with Crippen LogP contribution in [0.3, 0.4) is 0 Å². The van der Waals surface area contributed by atoms with Crippen LogP contribution in [0.15, 0.2) is 54.1 Å². The van der Waals surface area contributed by atoms with Crippen molar-refractivity contribution >= 4 is 11.9 Å². The van der Waals surface area contributed by atoms with Gasteiger partial charge in [0.25, 0.3) is 0 Å². The van der Waals surface area contributed by atoms with Crippen molar-refractivity contribution in [2.75, 3.05) is 6.61 Å². The Balaban J connectivity index is 1.98. The molecule has 1 aliphatic rings. The lowest BCUT2D eigenvalue weighted by molar-refractivity contribution is 0.100. The molecule has 0 amide bonds. The summed E-state index contributed by atoms with van der Waals surface area (Å²) in [6, 6.07) is 15.4. The molecule has 0 bridgehead atoms. The van der Waals surface area contributed by atoms with Crippen molar-refractivity contribution < 1.29 is 9.53 Å². The smallest absolute Gasteiger partial charge is 0.196 e. The van der Waals surface area contributed by atoms with E-state index in [1.807, 2.05) is 49.4 Å². The summed E-state index contributed by atoms with van der Waals surface area (Å²) in [7, 11) is 0. The number of para-hydroxylation sites is 1. The van der Waals surface area contributed by atoms with Gasteiger partial charge < -0.3 is 4.74 Å². The molecule has 2 aromatic rings. The van der Waals surface area contributed by atoms with E-state index in [2.05, 4.69) is 6.07 Å². The Hall–Kier alpha value is -2.35. The van der Waals surface area contributed by atoms with Crippen LogP contribution in [0.1, 0.15) is 21.5 Å². The van der Waals surface area contributed by atoms with Crippen molar-refractivity contribution in [2.45, 2.75) is 6.92 Å². The third-order valence-corrected chi connectivity index (χ3v) is 3.19. The fourth-order valence-electron chi connectivity index (χ4n) is 2.24. The normalized spacial score (nSPS) is 16.1. The molecule has 1 heterocycles. The molecule has 0 N–H and O–H groups in total. The van der Waals surface area contributed by atoms with Crippen LogP contribution in [-0.2, 0) is 0 Å². The highest BCUT2D eigenvalue weighted by molar-refractivity contribution is 6.14. The van der Waals surface area contributed by atoms with Crippen molar-refractivity contribution in [1.82, 2.24) is 0 Å². The number of carbonyl (C=O) groups is 1. The Morgan fingerprint density at radius 2 is 1.95 bits per heavy atom. The summed E-state index contributed by atoms with van der Waals surface area (Å²) in [4.78, 5) is 12.4. The van der Waals surface area contributed by atoms with Gasteiger partial charge in [-0.05, 0) is 30.7 Å². The van der Waals surface area contributed by atoms with Gasteiger partial charge in [0.2, 0.25) is 0 Å². The van der Waals surface area contributed by atoms with Crippen LogP contribution >= 0.6 is 0 Å². The van der Waals surface area contributed by atoms with Gasteiger partial charge in [0.15, 0.2) is 5.78 Å². The molecule has 3 rings (SSSR count). The average molecular weight is 250 g/mol. The van der Waals surface area contributed by atoms with Crippen LogP contribution in [0, 0.1) is 6.92 Å². The van der Waals surface area contributed by atoms with Gasteiger partial charge in [-0.3, -0.25) is 4.79 Å². The standard InChI is InChI=1S/C17H14O2/c1-12-5-4-6-13(9-12)10-14-11-19-16-8-3-2-7-15(16)17(14)18/h2-10H,11H2,1H3. The van der Waals surface area contributed by atoms with E-state index in [9.17, 15) is 4.79 Å². The summed E-state index contributed by atoms with van der Waals surface area (Å²) < 4.78 is 5.62. The minimum Gasteiger partial charge on any atom is -0.488 e. The van der Waals surface area contributed by atoms with E-state index in [0.717, 1.165) is 5.56 Å². The number of ether oxygens (including phenoxy) is 1. The van der Waals surface area contributed by atoms with E-state index in [0.29, 0.717) is 23.5 Å². The SMILES string of the molecule is Cc1cccc(C=C2COc3ccccc3C2=O)c1. The Kier molecular flexibility index (Phi) is 2.92.